The average Bonchev–Trinajstić information content (AvgIpc) is 2.64. The third kappa shape index (κ3) is 4.40. The SMILES string of the molecule is O=C(NC1CCCCC1)N1CC[C@@H](O)[C@](Cc2cccc(F)c2)(C(=O)O)C1. The molecule has 7 heteroatoms. The number of carboxylic acids is 1. The van der Waals surface area contributed by atoms with Gasteiger partial charge in [0.2, 0.25) is 0 Å². The van der Waals surface area contributed by atoms with E-state index < -0.39 is 23.3 Å². The number of aliphatic hydroxyl groups is 1. The first kappa shape index (κ1) is 19.6. The summed E-state index contributed by atoms with van der Waals surface area (Å²) in [6.07, 6.45) is 4.28. The topological polar surface area (TPSA) is 89.9 Å². The van der Waals surface area contributed by atoms with E-state index in [1.807, 2.05) is 0 Å². The van der Waals surface area contributed by atoms with Gasteiger partial charge in [-0.05, 0) is 43.4 Å². The van der Waals surface area contributed by atoms with Gasteiger partial charge in [-0.3, -0.25) is 4.79 Å². The Bertz CT molecular complexity index is 692. The summed E-state index contributed by atoms with van der Waals surface area (Å²) in [5.74, 6) is -1.63. The normalized spacial score (nSPS) is 26.6. The largest absolute Gasteiger partial charge is 0.481 e. The maximum Gasteiger partial charge on any atom is 0.317 e. The molecule has 2 atom stereocenters. The van der Waals surface area contributed by atoms with Crippen LogP contribution in [0.2, 0.25) is 0 Å². The van der Waals surface area contributed by atoms with Gasteiger partial charge in [-0.1, -0.05) is 31.4 Å². The Morgan fingerprint density at radius 3 is 2.63 bits per heavy atom. The molecule has 0 aromatic heterocycles. The van der Waals surface area contributed by atoms with Crippen LogP contribution in [0.5, 0.6) is 0 Å². The van der Waals surface area contributed by atoms with Gasteiger partial charge in [0.25, 0.3) is 0 Å². The molecule has 1 aliphatic carbocycles. The number of carbonyl (C=O) groups is 2. The lowest BCUT2D eigenvalue weighted by Crippen LogP contribution is -2.60. The second-order valence-electron chi connectivity index (χ2n) is 7.78. The van der Waals surface area contributed by atoms with Crippen molar-refractivity contribution in [3.05, 3.63) is 35.6 Å². The second-order valence-corrected chi connectivity index (χ2v) is 7.78. The molecule has 2 amide bonds. The summed E-state index contributed by atoms with van der Waals surface area (Å²) >= 11 is 0. The molecule has 1 aromatic rings. The van der Waals surface area contributed by atoms with Crippen LogP contribution >= 0.6 is 0 Å². The Balaban J connectivity index is 1.75. The fourth-order valence-electron chi connectivity index (χ4n) is 4.24. The predicted molar refractivity (Wildman–Crippen MR) is 97.8 cm³/mol. The number of aliphatic carboxylic acids is 1. The maximum absolute atomic E-state index is 13.5. The fourth-order valence-corrected chi connectivity index (χ4v) is 4.24. The maximum atomic E-state index is 13.5. The summed E-state index contributed by atoms with van der Waals surface area (Å²) in [6.45, 7) is 0.205. The lowest BCUT2D eigenvalue weighted by atomic mass is 9.73. The van der Waals surface area contributed by atoms with E-state index in [2.05, 4.69) is 5.32 Å². The quantitative estimate of drug-likeness (QED) is 0.751. The molecule has 6 nitrogen and oxygen atoms in total. The number of halogens is 1. The third-order valence-electron chi connectivity index (χ3n) is 5.84. The standard InChI is InChI=1S/C20H27FN2O4/c21-15-6-4-5-14(11-15)12-20(18(25)26)13-23(10-9-17(20)24)19(27)22-16-7-2-1-3-8-16/h4-6,11,16-17,24H,1-3,7-10,12-13H2,(H,22,27)(H,25,26)/t17-,20-/m1/s1. The zero-order chi connectivity index (χ0) is 19.4. The number of piperidine rings is 1. The van der Waals surface area contributed by atoms with E-state index in [1.54, 1.807) is 6.07 Å². The molecular formula is C20H27FN2O4. The highest BCUT2D eigenvalue weighted by Gasteiger charge is 2.50. The molecule has 1 aliphatic heterocycles. The van der Waals surface area contributed by atoms with Crippen LogP contribution in [0.15, 0.2) is 24.3 Å². The van der Waals surface area contributed by atoms with E-state index in [-0.39, 0.29) is 31.5 Å². The summed E-state index contributed by atoms with van der Waals surface area (Å²) in [7, 11) is 0. The summed E-state index contributed by atoms with van der Waals surface area (Å²) in [5, 5.41) is 23.4. The lowest BCUT2D eigenvalue weighted by molar-refractivity contribution is -0.161. The van der Waals surface area contributed by atoms with Crippen molar-refractivity contribution in [1.29, 1.82) is 0 Å². The van der Waals surface area contributed by atoms with Crippen LogP contribution in [0.25, 0.3) is 0 Å². The van der Waals surface area contributed by atoms with E-state index in [1.165, 1.54) is 29.5 Å². The third-order valence-corrected chi connectivity index (χ3v) is 5.84. The number of urea groups is 1. The molecule has 3 N–H and O–H groups in total. The molecule has 3 rings (SSSR count). The smallest absolute Gasteiger partial charge is 0.317 e. The minimum atomic E-state index is -1.55. The monoisotopic (exact) mass is 378 g/mol. The van der Waals surface area contributed by atoms with Crippen LogP contribution in [0.4, 0.5) is 9.18 Å². The summed E-state index contributed by atoms with van der Waals surface area (Å²) in [6, 6.07) is 5.57. The number of hydrogen-bond donors (Lipinski definition) is 3. The number of aliphatic hydroxyl groups excluding tert-OH is 1. The van der Waals surface area contributed by atoms with Gasteiger partial charge < -0.3 is 20.4 Å². The van der Waals surface area contributed by atoms with E-state index in [9.17, 15) is 24.2 Å². The minimum Gasteiger partial charge on any atom is -0.481 e. The number of carboxylic acid groups (broad SMARTS) is 1. The second kappa shape index (κ2) is 8.25. The number of hydrogen-bond acceptors (Lipinski definition) is 3. The van der Waals surface area contributed by atoms with Crippen LogP contribution < -0.4 is 5.32 Å². The van der Waals surface area contributed by atoms with Crippen LogP contribution in [0.3, 0.4) is 0 Å². The molecule has 0 spiro atoms. The van der Waals surface area contributed by atoms with Crippen LogP contribution in [0, 0.1) is 11.2 Å². The Labute approximate surface area is 158 Å². The van der Waals surface area contributed by atoms with Crippen molar-refractivity contribution in [3.63, 3.8) is 0 Å². The molecule has 1 aromatic carbocycles. The predicted octanol–water partition coefficient (Wildman–Crippen LogP) is 2.55. The highest BCUT2D eigenvalue weighted by Crippen LogP contribution is 2.35. The molecule has 0 radical (unpaired) electrons. The van der Waals surface area contributed by atoms with Crippen molar-refractivity contribution in [1.82, 2.24) is 10.2 Å². The molecular weight excluding hydrogens is 351 g/mol. The lowest BCUT2D eigenvalue weighted by Gasteiger charge is -2.43. The van der Waals surface area contributed by atoms with Gasteiger partial charge in [0, 0.05) is 19.1 Å². The van der Waals surface area contributed by atoms with Crippen molar-refractivity contribution in [2.24, 2.45) is 5.41 Å². The molecule has 0 unspecified atom stereocenters. The zero-order valence-electron chi connectivity index (χ0n) is 15.4. The van der Waals surface area contributed by atoms with E-state index >= 15 is 0 Å². The Morgan fingerprint density at radius 1 is 1.22 bits per heavy atom. The van der Waals surface area contributed by atoms with Crippen LogP contribution in [-0.4, -0.2) is 52.3 Å². The van der Waals surface area contributed by atoms with Crippen molar-refractivity contribution < 1.29 is 24.2 Å². The van der Waals surface area contributed by atoms with Gasteiger partial charge >= 0.3 is 12.0 Å². The highest BCUT2D eigenvalue weighted by molar-refractivity contribution is 5.80. The van der Waals surface area contributed by atoms with Gasteiger partial charge in [-0.15, -0.1) is 0 Å². The van der Waals surface area contributed by atoms with E-state index in [0.29, 0.717) is 12.1 Å². The fraction of sp³-hybridized carbons (Fsp3) is 0.600. The number of nitrogens with one attached hydrogen (secondary N) is 1. The minimum absolute atomic E-state index is 0.0333. The van der Waals surface area contributed by atoms with Gasteiger partial charge in [0.1, 0.15) is 11.2 Å². The summed E-state index contributed by atoms with van der Waals surface area (Å²) in [5.41, 5.74) is -1.05. The summed E-state index contributed by atoms with van der Waals surface area (Å²) < 4.78 is 13.5. The molecule has 2 aliphatic rings. The first-order valence-corrected chi connectivity index (χ1v) is 9.62. The average molecular weight is 378 g/mol. The van der Waals surface area contributed by atoms with Crippen LogP contribution in [-0.2, 0) is 11.2 Å². The van der Waals surface area contributed by atoms with Crippen molar-refractivity contribution in [2.75, 3.05) is 13.1 Å². The summed E-state index contributed by atoms with van der Waals surface area (Å²) in [4.78, 5) is 26.3. The molecule has 0 bridgehead atoms. The first-order chi connectivity index (χ1) is 12.9. The van der Waals surface area contributed by atoms with Gasteiger partial charge in [0.05, 0.1) is 6.10 Å². The van der Waals surface area contributed by atoms with E-state index in [0.717, 1.165) is 25.7 Å². The Morgan fingerprint density at radius 2 is 1.96 bits per heavy atom. The number of amides is 2. The van der Waals surface area contributed by atoms with Crippen LogP contribution in [0.1, 0.15) is 44.1 Å². The number of nitrogens with zero attached hydrogens (tertiary/aromatic N) is 1. The van der Waals surface area contributed by atoms with Gasteiger partial charge in [-0.2, -0.15) is 0 Å². The number of rotatable bonds is 4. The molecule has 148 valence electrons. The van der Waals surface area contributed by atoms with Gasteiger partial charge in [0.15, 0.2) is 0 Å². The molecule has 1 heterocycles. The van der Waals surface area contributed by atoms with Gasteiger partial charge in [-0.25, -0.2) is 9.18 Å². The molecule has 1 saturated heterocycles. The molecule has 1 saturated carbocycles. The molecule has 2 fully saturated rings. The van der Waals surface area contributed by atoms with E-state index in [4.69, 9.17) is 0 Å². The number of likely N-dealkylation sites (tertiary alicyclic amines) is 1. The van der Waals surface area contributed by atoms with Crippen molar-refractivity contribution >= 4 is 12.0 Å². The first-order valence-electron chi connectivity index (χ1n) is 9.62. The van der Waals surface area contributed by atoms with Crippen molar-refractivity contribution in [2.45, 2.75) is 57.1 Å². The number of benzene rings is 1. The number of carbonyl (C=O) groups excluding carboxylic acids is 1. The molecule has 27 heavy (non-hydrogen) atoms. The zero-order valence-corrected chi connectivity index (χ0v) is 15.4. The highest BCUT2D eigenvalue weighted by atomic mass is 19.1. The van der Waals surface area contributed by atoms with Crippen molar-refractivity contribution in [3.8, 4) is 0 Å². The Hall–Kier alpha value is -2.15. The Kier molecular flexibility index (Phi) is 5.99.